The molecule has 0 spiro atoms. The van der Waals surface area contributed by atoms with E-state index in [9.17, 15) is 0 Å². The number of aliphatic hydroxyl groups is 1. The van der Waals surface area contributed by atoms with Crippen molar-refractivity contribution >= 4 is 23.2 Å². The Bertz CT molecular complexity index is 313. The van der Waals surface area contributed by atoms with E-state index in [1.54, 1.807) is 25.1 Å². The molecule has 1 aromatic carbocycles. The lowest BCUT2D eigenvalue weighted by Gasteiger charge is -2.09. The SMILES string of the molecule is CC(O)CCCOc1cccc(Cl)c1Cl. The molecular weight excluding hydrogens is 235 g/mol. The lowest BCUT2D eigenvalue weighted by Crippen LogP contribution is -2.04. The summed E-state index contributed by atoms with van der Waals surface area (Å²) in [5.74, 6) is 0.592. The maximum absolute atomic E-state index is 9.05. The van der Waals surface area contributed by atoms with E-state index in [-0.39, 0.29) is 6.10 Å². The number of hydrogen-bond acceptors (Lipinski definition) is 2. The van der Waals surface area contributed by atoms with Crippen LogP contribution in [0.4, 0.5) is 0 Å². The second kappa shape index (κ2) is 6.21. The van der Waals surface area contributed by atoms with E-state index in [0.29, 0.717) is 22.4 Å². The molecule has 0 bridgehead atoms. The Morgan fingerprint density at radius 2 is 2.13 bits per heavy atom. The second-order valence-electron chi connectivity index (χ2n) is 3.39. The highest BCUT2D eigenvalue weighted by molar-refractivity contribution is 6.42. The molecule has 0 aliphatic rings. The summed E-state index contributed by atoms with van der Waals surface area (Å²) >= 11 is 11.8. The second-order valence-corrected chi connectivity index (χ2v) is 4.18. The van der Waals surface area contributed by atoms with Crippen LogP contribution >= 0.6 is 23.2 Å². The van der Waals surface area contributed by atoms with E-state index in [2.05, 4.69) is 0 Å². The summed E-state index contributed by atoms with van der Waals surface area (Å²) < 4.78 is 5.44. The summed E-state index contributed by atoms with van der Waals surface area (Å²) in [4.78, 5) is 0. The molecule has 0 fully saturated rings. The number of ether oxygens (including phenoxy) is 1. The highest BCUT2D eigenvalue weighted by Crippen LogP contribution is 2.31. The maximum atomic E-state index is 9.05. The predicted molar refractivity (Wildman–Crippen MR) is 62.9 cm³/mol. The molecule has 0 amide bonds. The van der Waals surface area contributed by atoms with Crippen LogP contribution in [0.1, 0.15) is 19.8 Å². The summed E-state index contributed by atoms with van der Waals surface area (Å²) in [6.07, 6.45) is 1.22. The van der Waals surface area contributed by atoms with Gasteiger partial charge < -0.3 is 9.84 Å². The fraction of sp³-hybridized carbons (Fsp3) is 0.455. The van der Waals surface area contributed by atoms with Gasteiger partial charge >= 0.3 is 0 Å². The van der Waals surface area contributed by atoms with Gasteiger partial charge in [0.1, 0.15) is 10.8 Å². The van der Waals surface area contributed by atoms with Crippen LogP contribution in [0.2, 0.25) is 10.0 Å². The van der Waals surface area contributed by atoms with Crippen LogP contribution in [0.15, 0.2) is 18.2 Å². The zero-order chi connectivity index (χ0) is 11.3. The number of rotatable bonds is 5. The van der Waals surface area contributed by atoms with Crippen LogP contribution in [-0.2, 0) is 0 Å². The van der Waals surface area contributed by atoms with Crippen molar-refractivity contribution < 1.29 is 9.84 Å². The molecule has 0 saturated carbocycles. The van der Waals surface area contributed by atoms with Crippen molar-refractivity contribution in [2.75, 3.05) is 6.61 Å². The largest absolute Gasteiger partial charge is 0.492 e. The number of hydrogen-bond donors (Lipinski definition) is 1. The summed E-state index contributed by atoms with van der Waals surface area (Å²) in [7, 11) is 0. The normalized spacial score (nSPS) is 12.5. The summed E-state index contributed by atoms with van der Waals surface area (Å²) in [6.45, 7) is 2.29. The Morgan fingerprint density at radius 1 is 1.40 bits per heavy atom. The zero-order valence-corrected chi connectivity index (χ0v) is 10.1. The van der Waals surface area contributed by atoms with E-state index in [1.807, 2.05) is 0 Å². The molecule has 0 aromatic heterocycles. The molecular formula is C11H14Cl2O2. The Balaban J connectivity index is 2.41. The van der Waals surface area contributed by atoms with Crippen molar-refractivity contribution in [1.29, 1.82) is 0 Å². The van der Waals surface area contributed by atoms with E-state index in [1.165, 1.54) is 0 Å². The van der Waals surface area contributed by atoms with Crippen LogP contribution in [0, 0.1) is 0 Å². The van der Waals surface area contributed by atoms with Gasteiger partial charge in [0.2, 0.25) is 0 Å². The third-order valence-corrected chi connectivity index (χ3v) is 2.74. The number of aliphatic hydroxyl groups excluding tert-OH is 1. The first-order valence-electron chi connectivity index (χ1n) is 4.86. The summed E-state index contributed by atoms with van der Waals surface area (Å²) in [5, 5.41) is 9.98. The lowest BCUT2D eigenvalue weighted by atomic mass is 10.2. The van der Waals surface area contributed by atoms with Crippen LogP contribution < -0.4 is 4.74 Å². The molecule has 1 N–H and O–H groups in total. The average molecular weight is 249 g/mol. The van der Waals surface area contributed by atoms with Gasteiger partial charge in [-0.25, -0.2) is 0 Å². The topological polar surface area (TPSA) is 29.5 Å². The molecule has 2 nitrogen and oxygen atoms in total. The first-order valence-corrected chi connectivity index (χ1v) is 5.61. The van der Waals surface area contributed by atoms with Crippen molar-refractivity contribution in [2.24, 2.45) is 0 Å². The molecule has 0 aliphatic heterocycles. The first kappa shape index (κ1) is 12.6. The molecule has 84 valence electrons. The Morgan fingerprint density at radius 3 is 2.80 bits per heavy atom. The molecule has 4 heteroatoms. The van der Waals surface area contributed by atoms with Crippen LogP contribution in [0.3, 0.4) is 0 Å². The van der Waals surface area contributed by atoms with Crippen LogP contribution in [0.25, 0.3) is 0 Å². The molecule has 1 aromatic rings. The Labute approximate surface area is 99.8 Å². The van der Waals surface area contributed by atoms with E-state index < -0.39 is 0 Å². The quantitative estimate of drug-likeness (QED) is 0.809. The fourth-order valence-corrected chi connectivity index (χ4v) is 1.50. The third-order valence-electron chi connectivity index (χ3n) is 1.94. The zero-order valence-electron chi connectivity index (χ0n) is 8.54. The van der Waals surface area contributed by atoms with Gasteiger partial charge in [0.15, 0.2) is 0 Å². The van der Waals surface area contributed by atoms with Gasteiger partial charge in [0, 0.05) is 0 Å². The molecule has 0 saturated heterocycles. The third kappa shape index (κ3) is 4.29. The first-order chi connectivity index (χ1) is 7.11. The van der Waals surface area contributed by atoms with Gasteiger partial charge in [-0.3, -0.25) is 0 Å². The Hall–Kier alpha value is -0.440. The van der Waals surface area contributed by atoms with Gasteiger partial charge in [-0.15, -0.1) is 0 Å². The molecule has 0 radical (unpaired) electrons. The molecule has 1 atom stereocenters. The molecule has 1 unspecified atom stereocenters. The molecule has 1 rings (SSSR count). The van der Waals surface area contributed by atoms with E-state index in [0.717, 1.165) is 12.8 Å². The monoisotopic (exact) mass is 248 g/mol. The van der Waals surface area contributed by atoms with Gasteiger partial charge in [0.05, 0.1) is 17.7 Å². The smallest absolute Gasteiger partial charge is 0.139 e. The van der Waals surface area contributed by atoms with Crippen LogP contribution in [0.5, 0.6) is 5.75 Å². The van der Waals surface area contributed by atoms with Crippen molar-refractivity contribution in [3.05, 3.63) is 28.2 Å². The summed E-state index contributed by atoms with van der Waals surface area (Å²) in [5.41, 5.74) is 0. The van der Waals surface area contributed by atoms with Crippen molar-refractivity contribution in [2.45, 2.75) is 25.9 Å². The molecule has 0 heterocycles. The molecule has 0 aliphatic carbocycles. The minimum atomic E-state index is -0.288. The van der Waals surface area contributed by atoms with E-state index in [4.69, 9.17) is 33.0 Å². The highest BCUT2D eigenvalue weighted by atomic mass is 35.5. The van der Waals surface area contributed by atoms with Gasteiger partial charge in [0.25, 0.3) is 0 Å². The van der Waals surface area contributed by atoms with Gasteiger partial charge in [-0.05, 0) is 31.9 Å². The average Bonchev–Trinajstić information content (AvgIpc) is 2.18. The van der Waals surface area contributed by atoms with Crippen LogP contribution in [-0.4, -0.2) is 17.8 Å². The minimum absolute atomic E-state index is 0.288. The minimum Gasteiger partial charge on any atom is -0.492 e. The molecule has 15 heavy (non-hydrogen) atoms. The standard InChI is InChI=1S/C11H14Cl2O2/c1-8(14)4-3-7-15-10-6-2-5-9(12)11(10)13/h2,5-6,8,14H,3-4,7H2,1H3. The maximum Gasteiger partial charge on any atom is 0.139 e. The van der Waals surface area contributed by atoms with Gasteiger partial charge in [-0.1, -0.05) is 29.3 Å². The van der Waals surface area contributed by atoms with Crippen molar-refractivity contribution in [3.63, 3.8) is 0 Å². The van der Waals surface area contributed by atoms with E-state index >= 15 is 0 Å². The Kier molecular flexibility index (Phi) is 5.23. The highest BCUT2D eigenvalue weighted by Gasteiger charge is 2.05. The number of halogens is 2. The fourth-order valence-electron chi connectivity index (χ4n) is 1.16. The lowest BCUT2D eigenvalue weighted by molar-refractivity contribution is 0.170. The van der Waals surface area contributed by atoms with Crippen molar-refractivity contribution in [1.82, 2.24) is 0 Å². The number of benzene rings is 1. The van der Waals surface area contributed by atoms with Gasteiger partial charge in [-0.2, -0.15) is 0 Å². The predicted octanol–water partition coefficient (Wildman–Crippen LogP) is 3.53. The van der Waals surface area contributed by atoms with Crippen molar-refractivity contribution in [3.8, 4) is 5.75 Å². The summed E-state index contributed by atoms with van der Waals surface area (Å²) in [6, 6.07) is 5.28.